The van der Waals surface area contributed by atoms with Gasteiger partial charge in [-0.05, 0) is 31.4 Å². The van der Waals surface area contributed by atoms with Gasteiger partial charge in [-0.2, -0.15) is 0 Å². The smallest absolute Gasteiger partial charge is 0.333 e. The first-order valence-electron chi connectivity index (χ1n) is 6.37. The average Bonchev–Trinajstić information content (AvgIpc) is 2.67. The van der Waals surface area contributed by atoms with Crippen LogP contribution >= 0.6 is 11.6 Å². The standard InChI is InChI=1S/C14H15ClN2O2/c1-14-5-2-6-17(11(14)7-13(18)19-14)9-10-3-4-12(15)16-8-10/h3-4,7-8H,2,5-6,9H2,1H3. The summed E-state index contributed by atoms with van der Waals surface area (Å²) in [5, 5.41) is 0.492. The van der Waals surface area contributed by atoms with Gasteiger partial charge in [0.15, 0.2) is 0 Å². The second-order valence-electron chi connectivity index (χ2n) is 5.20. The van der Waals surface area contributed by atoms with Gasteiger partial charge >= 0.3 is 5.97 Å². The molecular formula is C14H15ClN2O2. The zero-order valence-corrected chi connectivity index (χ0v) is 11.5. The van der Waals surface area contributed by atoms with Gasteiger partial charge < -0.3 is 9.64 Å². The Morgan fingerprint density at radius 2 is 2.37 bits per heavy atom. The van der Waals surface area contributed by atoms with Gasteiger partial charge in [-0.1, -0.05) is 17.7 Å². The first-order valence-corrected chi connectivity index (χ1v) is 6.75. The SMILES string of the molecule is CC12CCCN(Cc3ccc(Cl)nc3)C1=CC(=O)O2. The van der Waals surface area contributed by atoms with Crippen LogP contribution in [-0.2, 0) is 16.1 Å². The van der Waals surface area contributed by atoms with E-state index in [1.807, 2.05) is 13.0 Å². The van der Waals surface area contributed by atoms with Gasteiger partial charge in [0.05, 0.1) is 5.70 Å². The molecule has 1 atom stereocenters. The van der Waals surface area contributed by atoms with Crippen molar-refractivity contribution in [3.8, 4) is 0 Å². The van der Waals surface area contributed by atoms with Crippen LogP contribution < -0.4 is 0 Å². The molecule has 0 saturated carbocycles. The molecule has 0 aliphatic carbocycles. The van der Waals surface area contributed by atoms with Crippen LogP contribution in [0, 0.1) is 0 Å². The van der Waals surface area contributed by atoms with Gasteiger partial charge in [0.2, 0.25) is 0 Å². The summed E-state index contributed by atoms with van der Waals surface area (Å²) in [6.45, 7) is 3.64. The van der Waals surface area contributed by atoms with E-state index in [0.717, 1.165) is 37.2 Å². The molecule has 2 aliphatic rings. The Balaban J connectivity index is 1.82. The molecule has 4 nitrogen and oxygen atoms in total. The highest BCUT2D eigenvalue weighted by Gasteiger charge is 2.43. The number of carbonyl (C=O) groups is 1. The highest BCUT2D eigenvalue weighted by molar-refractivity contribution is 6.29. The van der Waals surface area contributed by atoms with Crippen molar-refractivity contribution in [3.05, 3.63) is 40.8 Å². The normalized spacial score (nSPS) is 25.9. The summed E-state index contributed by atoms with van der Waals surface area (Å²) in [6.07, 6.45) is 5.29. The van der Waals surface area contributed by atoms with Gasteiger partial charge in [0.25, 0.3) is 0 Å². The molecule has 19 heavy (non-hydrogen) atoms. The number of esters is 1. The third kappa shape index (κ3) is 2.32. The average molecular weight is 279 g/mol. The highest BCUT2D eigenvalue weighted by Crippen LogP contribution is 2.38. The lowest BCUT2D eigenvalue weighted by atomic mass is 9.91. The van der Waals surface area contributed by atoms with E-state index in [1.54, 1.807) is 18.3 Å². The summed E-state index contributed by atoms with van der Waals surface area (Å²) in [5.41, 5.74) is 1.61. The first kappa shape index (κ1) is 12.5. The third-order valence-corrected chi connectivity index (χ3v) is 3.93. The molecule has 0 N–H and O–H groups in total. The number of fused-ring (bicyclic) bond motifs is 1. The van der Waals surface area contributed by atoms with E-state index in [2.05, 4.69) is 9.88 Å². The van der Waals surface area contributed by atoms with E-state index in [4.69, 9.17) is 16.3 Å². The number of hydrogen-bond acceptors (Lipinski definition) is 4. The van der Waals surface area contributed by atoms with Gasteiger partial charge in [-0.3, -0.25) is 0 Å². The fourth-order valence-electron chi connectivity index (χ4n) is 2.79. The number of hydrogen-bond donors (Lipinski definition) is 0. The number of nitrogens with zero attached hydrogens (tertiary/aromatic N) is 2. The van der Waals surface area contributed by atoms with Crippen LogP contribution in [0.25, 0.3) is 0 Å². The first-order chi connectivity index (χ1) is 9.07. The second kappa shape index (κ2) is 4.53. The molecule has 0 bridgehead atoms. The maximum Gasteiger partial charge on any atom is 0.333 e. The number of rotatable bonds is 2. The highest BCUT2D eigenvalue weighted by atomic mass is 35.5. The number of likely N-dealkylation sites (tertiary alicyclic amines) is 1. The second-order valence-corrected chi connectivity index (χ2v) is 5.58. The zero-order valence-electron chi connectivity index (χ0n) is 10.7. The molecule has 100 valence electrons. The fourth-order valence-corrected chi connectivity index (χ4v) is 2.90. The van der Waals surface area contributed by atoms with Gasteiger partial charge in [0.1, 0.15) is 10.8 Å². The monoisotopic (exact) mass is 278 g/mol. The van der Waals surface area contributed by atoms with Crippen molar-refractivity contribution in [2.45, 2.75) is 31.9 Å². The summed E-state index contributed by atoms with van der Waals surface area (Å²) < 4.78 is 5.43. The van der Waals surface area contributed by atoms with E-state index < -0.39 is 5.60 Å². The zero-order chi connectivity index (χ0) is 13.5. The summed E-state index contributed by atoms with van der Waals surface area (Å²) in [6, 6.07) is 3.74. The minimum atomic E-state index is -0.449. The molecule has 1 fully saturated rings. The van der Waals surface area contributed by atoms with Crippen LogP contribution in [0.4, 0.5) is 0 Å². The van der Waals surface area contributed by atoms with E-state index in [9.17, 15) is 4.79 Å². The van der Waals surface area contributed by atoms with E-state index in [0.29, 0.717) is 5.15 Å². The fraction of sp³-hybridized carbons (Fsp3) is 0.429. The van der Waals surface area contributed by atoms with E-state index in [-0.39, 0.29) is 5.97 Å². The van der Waals surface area contributed by atoms with Crippen LogP contribution in [0.3, 0.4) is 0 Å². The molecule has 0 aromatic carbocycles. The number of pyridine rings is 1. The predicted octanol–water partition coefficient (Wildman–Crippen LogP) is 2.53. The van der Waals surface area contributed by atoms with Crippen molar-refractivity contribution in [3.63, 3.8) is 0 Å². The predicted molar refractivity (Wildman–Crippen MR) is 71.5 cm³/mol. The number of ether oxygens (including phenoxy) is 1. The van der Waals surface area contributed by atoms with Gasteiger partial charge in [-0.15, -0.1) is 0 Å². The Bertz CT molecular complexity index is 541. The molecule has 1 unspecified atom stereocenters. The minimum absolute atomic E-state index is 0.237. The molecule has 1 aromatic heterocycles. The molecule has 3 heterocycles. The Kier molecular flexibility index (Phi) is 2.97. The molecule has 0 radical (unpaired) electrons. The molecule has 1 aromatic rings. The van der Waals surface area contributed by atoms with Crippen molar-refractivity contribution in [2.75, 3.05) is 6.54 Å². The number of carbonyl (C=O) groups excluding carboxylic acids is 1. The molecule has 3 rings (SSSR count). The molecule has 0 spiro atoms. The van der Waals surface area contributed by atoms with E-state index >= 15 is 0 Å². The van der Waals surface area contributed by atoms with Crippen molar-refractivity contribution < 1.29 is 9.53 Å². The Labute approximate surface area is 117 Å². The Morgan fingerprint density at radius 1 is 1.53 bits per heavy atom. The lowest BCUT2D eigenvalue weighted by Crippen LogP contribution is -2.42. The maximum absolute atomic E-state index is 11.5. The molecule has 1 saturated heterocycles. The van der Waals surface area contributed by atoms with Crippen LogP contribution in [0.15, 0.2) is 30.1 Å². The summed E-state index contributed by atoms with van der Waals surface area (Å²) >= 11 is 5.78. The topological polar surface area (TPSA) is 42.4 Å². The van der Waals surface area contributed by atoms with Gasteiger partial charge in [-0.25, -0.2) is 9.78 Å². The Hall–Kier alpha value is -1.55. The van der Waals surface area contributed by atoms with Crippen molar-refractivity contribution in [2.24, 2.45) is 0 Å². The van der Waals surface area contributed by atoms with E-state index in [1.165, 1.54) is 0 Å². The largest absolute Gasteiger partial charge is 0.450 e. The summed E-state index contributed by atoms with van der Waals surface area (Å²) in [5.74, 6) is -0.237. The maximum atomic E-state index is 11.5. The summed E-state index contributed by atoms with van der Waals surface area (Å²) in [7, 11) is 0. The number of aromatic nitrogens is 1. The molecule has 0 amide bonds. The van der Waals surface area contributed by atoms with Crippen molar-refractivity contribution in [1.29, 1.82) is 0 Å². The lowest BCUT2D eigenvalue weighted by Gasteiger charge is -2.39. The van der Waals surface area contributed by atoms with Crippen LogP contribution in [0.2, 0.25) is 5.15 Å². The third-order valence-electron chi connectivity index (χ3n) is 3.71. The number of halogens is 1. The van der Waals surface area contributed by atoms with Crippen molar-refractivity contribution in [1.82, 2.24) is 9.88 Å². The van der Waals surface area contributed by atoms with Crippen molar-refractivity contribution >= 4 is 17.6 Å². The van der Waals surface area contributed by atoms with Crippen LogP contribution in [0.1, 0.15) is 25.3 Å². The van der Waals surface area contributed by atoms with Crippen LogP contribution in [0.5, 0.6) is 0 Å². The quantitative estimate of drug-likeness (QED) is 0.616. The molecule has 2 aliphatic heterocycles. The molecule has 5 heteroatoms. The lowest BCUT2D eigenvalue weighted by molar-refractivity contribution is -0.147. The Morgan fingerprint density at radius 3 is 3.11 bits per heavy atom. The minimum Gasteiger partial charge on any atom is -0.450 e. The van der Waals surface area contributed by atoms with Gasteiger partial charge in [0, 0.05) is 25.4 Å². The molecular weight excluding hydrogens is 264 g/mol. The van der Waals surface area contributed by atoms with Crippen LogP contribution in [-0.4, -0.2) is 28.0 Å². The number of piperidine rings is 1. The summed E-state index contributed by atoms with van der Waals surface area (Å²) in [4.78, 5) is 17.8.